The zero-order valence-electron chi connectivity index (χ0n) is 27.5. The summed E-state index contributed by atoms with van der Waals surface area (Å²) in [5, 5.41) is 1.10. The smallest absolute Gasteiger partial charge is 0.338 e. The molecule has 0 aromatic heterocycles. The van der Waals surface area contributed by atoms with Crippen molar-refractivity contribution in [2.45, 2.75) is 103 Å². The summed E-state index contributed by atoms with van der Waals surface area (Å²) < 4.78 is 32.0. The number of halogens is 2. The van der Waals surface area contributed by atoms with Crippen molar-refractivity contribution in [1.29, 1.82) is 0 Å². The van der Waals surface area contributed by atoms with Crippen LogP contribution in [0.4, 0.5) is 0 Å². The molecule has 0 N–H and O–H groups in total. The van der Waals surface area contributed by atoms with Crippen LogP contribution in [0, 0.1) is 22.7 Å². The van der Waals surface area contributed by atoms with E-state index in [4.69, 9.17) is 46.9 Å². The van der Waals surface area contributed by atoms with Gasteiger partial charge < -0.3 is 23.7 Å². The number of rotatable bonds is 7. The Kier molecular flexibility index (Phi) is 9.08. The van der Waals surface area contributed by atoms with Gasteiger partial charge in [-0.25, -0.2) is 9.59 Å². The molecule has 250 valence electrons. The van der Waals surface area contributed by atoms with Crippen molar-refractivity contribution >= 4 is 35.1 Å². The first-order chi connectivity index (χ1) is 21.7. The van der Waals surface area contributed by atoms with Crippen LogP contribution in [0.2, 0.25) is 10.0 Å². The van der Waals surface area contributed by atoms with Gasteiger partial charge in [-0.05, 0) is 113 Å². The van der Waals surface area contributed by atoms with Gasteiger partial charge in [0.05, 0.1) is 36.0 Å². The van der Waals surface area contributed by atoms with Crippen molar-refractivity contribution in [3.63, 3.8) is 0 Å². The summed E-state index contributed by atoms with van der Waals surface area (Å²) >= 11 is 12.1. The van der Waals surface area contributed by atoms with Gasteiger partial charge in [0.15, 0.2) is 5.79 Å². The number of esters is 2. The maximum Gasteiger partial charge on any atom is 0.338 e. The highest BCUT2D eigenvalue weighted by Crippen LogP contribution is 2.69. The molecular formula is C37H46Cl2O7. The van der Waals surface area contributed by atoms with Crippen LogP contribution in [0.3, 0.4) is 0 Å². The van der Waals surface area contributed by atoms with E-state index in [-0.39, 0.29) is 30.1 Å². The fraction of sp³-hybridized carbons (Fsp3) is 0.622. The second kappa shape index (κ2) is 12.4. The van der Waals surface area contributed by atoms with Gasteiger partial charge in [0.25, 0.3) is 0 Å². The lowest BCUT2D eigenvalue weighted by Gasteiger charge is -2.67. The molecular weight excluding hydrogens is 627 g/mol. The van der Waals surface area contributed by atoms with Gasteiger partial charge in [-0.15, -0.1) is 0 Å². The number of ether oxygens (including phenoxy) is 5. The zero-order valence-corrected chi connectivity index (χ0v) is 29.0. The predicted octanol–water partition coefficient (Wildman–Crippen LogP) is 8.69. The minimum atomic E-state index is -0.819. The minimum absolute atomic E-state index is 0.0580. The Bertz CT molecular complexity index is 1440. The highest BCUT2D eigenvalue weighted by atomic mass is 35.5. The third kappa shape index (κ3) is 6.00. The molecule has 7 atom stereocenters. The highest BCUT2D eigenvalue weighted by molar-refractivity contribution is 6.31. The van der Waals surface area contributed by atoms with Crippen molar-refractivity contribution in [2.24, 2.45) is 22.7 Å². The van der Waals surface area contributed by atoms with E-state index >= 15 is 0 Å². The standard InChI is InChI=1S/C37H46Cl2O7/c1-24-6-15-29-34(4)22-44-33(2,3)45-30(34)16-17-35(29,5)37(24)19-18-36(46-37,23-43-32(41)26-9-13-28(39)14-10-26)20-21-42-31(40)25-7-11-27(38)12-8-25/h7-14,24,29-30H,6,15-23H2,1-5H3/t24-,29-,30+,34+,35+,36+,37+/m1/s1. The maximum absolute atomic E-state index is 13.2. The van der Waals surface area contributed by atoms with Crippen LogP contribution in [0.5, 0.6) is 0 Å². The van der Waals surface area contributed by atoms with Gasteiger partial charge in [0.1, 0.15) is 12.2 Å². The molecule has 1 spiro atoms. The summed E-state index contributed by atoms with van der Waals surface area (Å²) in [6, 6.07) is 13.3. The van der Waals surface area contributed by atoms with Crippen molar-refractivity contribution in [3.8, 4) is 0 Å². The van der Waals surface area contributed by atoms with E-state index < -0.39 is 28.9 Å². The second-order valence-electron chi connectivity index (χ2n) is 14.9. The van der Waals surface area contributed by atoms with Crippen LogP contribution < -0.4 is 0 Å². The molecule has 0 amide bonds. The third-order valence-electron chi connectivity index (χ3n) is 11.8. The molecule has 2 aliphatic heterocycles. The van der Waals surface area contributed by atoms with E-state index in [1.165, 1.54) is 0 Å². The monoisotopic (exact) mass is 672 g/mol. The van der Waals surface area contributed by atoms with E-state index in [2.05, 4.69) is 20.8 Å². The lowest BCUT2D eigenvalue weighted by atomic mass is 9.43. The van der Waals surface area contributed by atoms with E-state index in [9.17, 15) is 9.59 Å². The average molecular weight is 674 g/mol. The number of benzene rings is 2. The molecule has 0 bridgehead atoms. The van der Waals surface area contributed by atoms with Gasteiger partial charge in [0.2, 0.25) is 0 Å². The maximum atomic E-state index is 13.2. The van der Waals surface area contributed by atoms with Crippen molar-refractivity contribution in [3.05, 3.63) is 69.7 Å². The van der Waals surface area contributed by atoms with Gasteiger partial charge in [-0.1, -0.05) is 44.0 Å². The molecule has 0 unspecified atom stereocenters. The van der Waals surface area contributed by atoms with Crippen LogP contribution in [-0.2, 0) is 23.7 Å². The SMILES string of the molecule is C[C@@H]1CC[C@@H]2[C@]3(C)COC(C)(C)O[C@H]3CC[C@]2(C)[C@]12CC[C@](CCOC(=O)c1ccc(Cl)cc1)(COC(=O)c1ccc(Cl)cc1)O2. The van der Waals surface area contributed by atoms with Crippen LogP contribution in [-0.4, -0.2) is 54.9 Å². The molecule has 7 nitrogen and oxygen atoms in total. The van der Waals surface area contributed by atoms with Crippen LogP contribution in [0.1, 0.15) is 100 Å². The predicted molar refractivity (Wildman–Crippen MR) is 176 cm³/mol. The molecule has 2 aromatic carbocycles. The van der Waals surface area contributed by atoms with E-state index in [0.29, 0.717) is 52.5 Å². The summed E-state index contributed by atoms with van der Waals surface area (Å²) in [7, 11) is 0. The summed E-state index contributed by atoms with van der Waals surface area (Å²) in [5.74, 6) is -0.829. The van der Waals surface area contributed by atoms with Gasteiger partial charge in [0, 0.05) is 27.3 Å². The fourth-order valence-electron chi connectivity index (χ4n) is 9.21. The largest absolute Gasteiger partial charge is 0.462 e. The van der Waals surface area contributed by atoms with Crippen molar-refractivity contribution in [2.75, 3.05) is 19.8 Å². The Morgan fingerprint density at radius 3 is 2.07 bits per heavy atom. The lowest BCUT2D eigenvalue weighted by Crippen LogP contribution is -2.69. The Morgan fingerprint density at radius 1 is 0.826 bits per heavy atom. The fourth-order valence-corrected chi connectivity index (χ4v) is 9.47. The quantitative estimate of drug-likeness (QED) is 0.272. The molecule has 46 heavy (non-hydrogen) atoms. The van der Waals surface area contributed by atoms with Crippen molar-refractivity contribution < 1.29 is 33.3 Å². The number of hydrogen-bond acceptors (Lipinski definition) is 7. The summed E-state index contributed by atoms with van der Waals surface area (Å²) in [6.07, 6.45) is 6.06. The second-order valence-corrected chi connectivity index (χ2v) is 15.8. The Morgan fingerprint density at radius 2 is 1.43 bits per heavy atom. The molecule has 6 rings (SSSR count). The summed E-state index contributed by atoms with van der Waals surface area (Å²) in [4.78, 5) is 26.1. The number of carbonyl (C=O) groups excluding carboxylic acids is 2. The van der Waals surface area contributed by atoms with E-state index in [0.717, 1.165) is 32.1 Å². The number of carbonyl (C=O) groups is 2. The van der Waals surface area contributed by atoms with Gasteiger partial charge >= 0.3 is 11.9 Å². The zero-order chi connectivity index (χ0) is 33.0. The third-order valence-corrected chi connectivity index (χ3v) is 12.3. The number of fused-ring (bicyclic) bond motifs is 4. The molecule has 0 radical (unpaired) electrons. The van der Waals surface area contributed by atoms with E-state index in [1.807, 2.05) is 13.8 Å². The lowest BCUT2D eigenvalue weighted by molar-refractivity contribution is -0.359. The first-order valence-corrected chi connectivity index (χ1v) is 17.3. The minimum Gasteiger partial charge on any atom is -0.462 e. The number of hydrogen-bond donors (Lipinski definition) is 0. The molecule has 2 aliphatic carbocycles. The summed E-state index contributed by atoms with van der Waals surface area (Å²) in [6.45, 7) is 11.9. The van der Waals surface area contributed by atoms with Gasteiger partial charge in [-0.3, -0.25) is 0 Å². The molecule has 2 aromatic rings. The van der Waals surface area contributed by atoms with Gasteiger partial charge in [-0.2, -0.15) is 0 Å². The highest BCUT2D eigenvalue weighted by Gasteiger charge is 2.70. The molecule has 9 heteroatoms. The first kappa shape index (κ1) is 33.7. The molecule has 2 saturated carbocycles. The van der Waals surface area contributed by atoms with Crippen LogP contribution in [0.15, 0.2) is 48.5 Å². The average Bonchev–Trinajstić information content (AvgIpc) is 3.41. The van der Waals surface area contributed by atoms with Crippen LogP contribution >= 0.6 is 23.2 Å². The van der Waals surface area contributed by atoms with Crippen LogP contribution in [0.25, 0.3) is 0 Å². The van der Waals surface area contributed by atoms with Crippen molar-refractivity contribution in [1.82, 2.24) is 0 Å². The summed E-state index contributed by atoms with van der Waals surface area (Å²) in [5.41, 5.74) is -0.695. The Hall–Kier alpha value is -2.16. The molecule has 2 saturated heterocycles. The Labute approximate surface area is 282 Å². The topological polar surface area (TPSA) is 80.3 Å². The first-order valence-electron chi connectivity index (χ1n) is 16.6. The Balaban J connectivity index is 1.25. The van der Waals surface area contributed by atoms with E-state index in [1.54, 1.807) is 48.5 Å². The molecule has 4 fully saturated rings. The molecule has 4 aliphatic rings. The normalized spacial score (nSPS) is 36.5. The molecule has 2 heterocycles.